The third-order valence-corrected chi connectivity index (χ3v) is 4.50. The maximum Gasteiger partial charge on any atom is 0.221 e. The minimum Gasteiger partial charge on any atom is -0.387 e. The van der Waals surface area contributed by atoms with Gasteiger partial charge in [-0.1, -0.05) is 12.1 Å². The first-order valence-corrected chi connectivity index (χ1v) is 6.92. The van der Waals surface area contributed by atoms with Crippen LogP contribution in [0.2, 0.25) is 0 Å². The van der Waals surface area contributed by atoms with Crippen LogP contribution in [-0.2, 0) is 9.84 Å². The van der Waals surface area contributed by atoms with Gasteiger partial charge in [-0.15, -0.1) is 0 Å². The van der Waals surface area contributed by atoms with Crippen LogP contribution >= 0.6 is 0 Å². The second-order valence-corrected chi connectivity index (χ2v) is 5.74. The van der Waals surface area contributed by atoms with Gasteiger partial charge in [0.15, 0.2) is 4.91 Å². The van der Waals surface area contributed by atoms with Crippen LogP contribution < -0.4 is 5.32 Å². The van der Waals surface area contributed by atoms with E-state index in [-0.39, 0.29) is 4.91 Å². The maximum absolute atomic E-state index is 13.5. The molecule has 0 amide bonds. The molecule has 1 aliphatic rings. The molecule has 6 heteroatoms. The molecule has 0 radical (unpaired) electrons. The molecule has 0 aromatic heterocycles. The summed E-state index contributed by atoms with van der Waals surface area (Å²) in [5, 5.41) is 11.9. The smallest absolute Gasteiger partial charge is 0.221 e. The van der Waals surface area contributed by atoms with Crippen LogP contribution in [0.5, 0.6) is 0 Å². The van der Waals surface area contributed by atoms with Crippen LogP contribution in [0.4, 0.5) is 4.39 Å². The lowest BCUT2D eigenvalue weighted by atomic mass is 10.3. The zero-order valence-corrected chi connectivity index (χ0v) is 10.3. The number of rotatable bonds is 2. The molecule has 0 unspecified atom stereocenters. The summed E-state index contributed by atoms with van der Waals surface area (Å²) < 4.78 is 38.0. The van der Waals surface area contributed by atoms with Gasteiger partial charge in [0.05, 0.1) is 0 Å². The topological polar surface area (TPSA) is 70.0 Å². The molecule has 2 rings (SSSR count). The lowest BCUT2D eigenvalue weighted by molar-refractivity contribution is 0.571. The normalized spacial score (nSPS) is 18.0. The average Bonchev–Trinajstić information content (AvgIpc) is 2.83. The van der Waals surface area contributed by atoms with Crippen LogP contribution in [0.1, 0.15) is 12.8 Å². The predicted octanol–water partition coefficient (Wildman–Crippen LogP) is 1.72. The van der Waals surface area contributed by atoms with E-state index in [1.165, 1.54) is 12.1 Å². The molecule has 1 aromatic rings. The van der Waals surface area contributed by atoms with Crippen LogP contribution in [-0.4, -0.2) is 15.0 Å². The Kier molecular flexibility index (Phi) is 3.34. The van der Waals surface area contributed by atoms with E-state index < -0.39 is 20.5 Å². The number of nitrogens with zero attached hydrogens (tertiary/aromatic N) is 1. The number of sulfone groups is 1. The summed E-state index contributed by atoms with van der Waals surface area (Å²) in [6.07, 6.45) is 1.27. The molecule has 1 saturated heterocycles. The molecule has 0 atom stereocenters. The Morgan fingerprint density at radius 2 is 2.11 bits per heavy atom. The molecule has 0 bridgehead atoms. The van der Waals surface area contributed by atoms with Gasteiger partial charge in [-0.3, -0.25) is 0 Å². The summed E-state index contributed by atoms with van der Waals surface area (Å²) in [5.74, 6) is -0.844. The maximum atomic E-state index is 13.5. The highest BCUT2D eigenvalue weighted by Crippen LogP contribution is 2.26. The Morgan fingerprint density at radius 3 is 2.67 bits per heavy atom. The highest BCUT2D eigenvalue weighted by molar-refractivity contribution is 7.95. The number of nitrogens with one attached hydrogen (secondary N) is 1. The molecule has 0 spiro atoms. The van der Waals surface area contributed by atoms with Gasteiger partial charge in [0, 0.05) is 12.2 Å². The van der Waals surface area contributed by atoms with Crippen LogP contribution in [0, 0.1) is 17.1 Å². The van der Waals surface area contributed by atoms with Crippen LogP contribution in [0.15, 0.2) is 39.8 Å². The first kappa shape index (κ1) is 12.6. The average molecular weight is 266 g/mol. The fourth-order valence-electron chi connectivity index (χ4n) is 1.85. The van der Waals surface area contributed by atoms with Gasteiger partial charge in [-0.05, 0) is 25.0 Å². The summed E-state index contributed by atoms with van der Waals surface area (Å²) in [6.45, 7) is 0.632. The molecule has 94 valence electrons. The number of hydrogen-bond acceptors (Lipinski definition) is 4. The number of halogens is 1. The lowest BCUT2D eigenvalue weighted by Crippen LogP contribution is -2.13. The van der Waals surface area contributed by atoms with E-state index in [4.69, 9.17) is 5.26 Å². The third kappa shape index (κ3) is 2.09. The van der Waals surface area contributed by atoms with Crippen molar-refractivity contribution in [2.24, 2.45) is 0 Å². The van der Waals surface area contributed by atoms with Gasteiger partial charge in [0.25, 0.3) is 0 Å². The SMILES string of the molecule is N#CC(=C1CCCN1)S(=O)(=O)c1ccccc1F. The van der Waals surface area contributed by atoms with Gasteiger partial charge in [0.2, 0.25) is 9.84 Å². The van der Waals surface area contributed by atoms with Crippen LogP contribution in [0.3, 0.4) is 0 Å². The van der Waals surface area contributed by atoms with Gasteiger partial charge in [0.1, 0.15) is 16.8 Å². The minimum absolute atomic E-state index is 0.376. The van der Waals surface area contributed by atoms with E-state index in [1.807, 2.05) is 0 Å². The summed E-state index contributed by atoms with van der Waals surface area (Å²) in [5.41, 5.74) is 0.376. The number of nitriles is 1. The largest absolute Gasteiger partial charge is 0.387 e. The Balaban J connectivity index is 2.59. The van der Waals surface area contributed by atoms with Crippen LogP contribution in [0.25, 0.3) is 0 Å². The minimum atomic E-state index is -4.08. The number of hydrogen-bond donors (Lipinski definition) is 1. The molecule has 0 aliphatic carbocycles. The van der Waals surface area contributed by atoms with Crippen molar-refractivity contribution in [3.63, 3.8) is 0 Å². The van der Waals surface area contributed by atoms with Crippen molar-refractivity contribution in [1.82, 2.24) is 5.32 Å². The Morgan fingerprint density at radius 1 is 1.39 bits per heavy atom. The summed E-state index contributed by atoms with van der Waals surface area (Å²) in [6, 6.07) is 6.73. The highest BCUT2D eigenvalue weighted by atomic mass is 32.2. The molecule has 0 saturated carbocycles. The monoisotopic (exact) mass is 266 g/mol. The van der Waals surface area contributed by atoms with Crippen molar-refractivity contribution in [1.29, 1.82) is 5.26 Å². The summed E-state index contributed by atoms with van der Waals surface area (Å²) in [4.78, 5) is -0.840. The Bertz CT molecular complexity index is 636. The van der Waals surface area contributed by atoms with Gasteiger partial charge in [-0.2, -0.15) is 5.26 Å². The quantitative estimate of drug-likeness (QED) is 0.827. The second kappa shape index (κ2) is 4.78. The zero-order valence-electron chi connectivity index (χ0n) is 9.48. The van der Waals surface area contributed by atoms with Crippen molar-refractivity contribution in [2.45, 2.75) is 17.7 Å². The van der Waals surface area contributed by atoms with Gasteiger partial charge in [-0.25, -0.2) is 12.8 Å². The molecule has 1 aliphatic heterocycles. The summed E-state index contributed by atoms with van der Waals surface area (Å²) >= 11 is 0. The molecule has 1 fully saturated rings. The van der Waals surface area contributed by atoms with E-state index in [0.717, 1.165) is 18.6 Å². The molecular formula is C12H11FN2O2S. The standard InChI is InChI=1S/C12H11FN2O2S/c13-9-4-1-2-6-11(9)18(16,17)12(8-14)10-5-3-7-15-10/h1-2,4,6,15H,3,5,7H2. The third-order valence-electron chi connectivity index (χ3n) is 2.71. The van der Waals surface area contributed by atoms with E-state index in [0.29, 0.717) is 18.7 Å². The zero-order chi connectivity index (χ0) is 13.2. The Hall–Kier alpha value is -1.87. The first-order valence-electron chi connectivity index (χ1n) is 5.44. The van der Waals surface area contributed by atoms with Crippen molar-refractivity contribution in [2.75, 3.05) is 6.54 Å². The van der Waals surface area contributed by atoms with Crippen molar-refractivity contribution < 1.29 is 12.8 Å². The van der Waals surface area contributed by atoms with Crippen molar-refractivity contribution in [3.05, 3.63) is 40.7 Å². The van der Waals surface area contributed by atoms with Gasteiger partial charge >= 0.3 is 0 Å². The lowest BCUT2D eigenvalue weighted by Gasteiger charge is -2.07. The van der Waals surface area contributed by atoms with Crippen molar-refractivity contribution in [3.8, 4) is 6.07 Å². The number of benzene rings is 1. The predicted molar refractivity (Wildman–Crippen MR) is 63.5 cm³/mol. The molecule has 4 nitrogen and oxygen atoms in total. The molecule has 1 heterocycles. The molecular weight excluding hydrogens is 255 g/mol. The van der Waals surface area contributed by atoms with Crippen molar-refractivity contribution >= 4 is 9.84 Å². The fraction of sp³-hybridized carbons (Fsp3) is 0.250. The van der Waals surface area contributed by atoms with E-state index in [9.17, 15) is 12.8 Å². The molecule has 18 heavy (non-hydrogen) atoms. The fourth-order valence-corrected chi connectivity index (χ4v) is 3.27. The van der Waals surface area contributed by atoms with Gasteiger partial charge < -0.3 is 5.32 Å². The molecule has 1 N–H and O–H groups in total. The first-order chi connectivity index (χ1) is 8.57. The highest BCUT2D eigenvalue weighted by Gasteiger charge is 2.28. The second-order valence-electron chi connectivity index (χ2n) is 3.88. The Labute approximate surface area is 105 Å². The summed E-state index contributed by atoms with van der Waals surface area (Å²) in [7, 11) is -4.08. The molecule has 1 aromatic carbocycles. The van der Waals surface area contributed by atoms with E-state index in [2.05, 4.69) is 5.32 Å². The van der Waals surface area contributed by atoms with E-state index >= 15 is 0 Å². The number of allylic oxidation sites excluding steroid dienone is 2. The van der Waals surface area contributed by atoms with E-state index in [1.54, 1.807) is 6.07 Å².